The van der Waals surface area contributed by atoms with Crippen LogP contribution in [-0.4, -0.2) is 13.1 Å². The number of furan rings is 3. The Morgan fingerprint density at radius 3 is 1.23 bits per heavy atom. The topological polar surface area (TPSA) is 65.7 Å². The van der Waals surface area contributed by atoms with Gasteiger partial charge in [0.15, 0.2) is 0 Å². The molecule has 0 amide bonds. The highest BCUT2D eigenvalue weighted by atomic mass is 16.5. The SMILES string of the molecule is COC(=O)c1cc(-c2ccccc2)ccc1C1c2ccc(-c3cccc4oc5ccccc5c34)cc2-c2ccc(-c3cccc4oc5ccccc5c34)cc2-c2cc(-c3cccc4oc5ccccc5c34)ccc21. The molecule has 0 radical (unpaired) electrons. The number of ether oxygens (including phenoxy) is 1. The largest absolute Gasteiger partial charge is 0.465 e. The number of carbonyl (C=O) groups is 1. The van der Waals surface area contributed by atoms with E-state index in [0.717, 1.165) is 149 Å². The van der Waals surface area contributed by atoms with E-state index in [1.807, 2.05) is 66.7 Å². The Hall–Kier alpha value is -9.71. The zero-order chi connectivity index (χ0) is 49.0. The maximum atomic E-state index is 14.4. The highest BCUT2D eigenvalue weighted by Gasteiger charge is 2.33. The van der Waals surface area contributed by atoms with Gasteiger partial charge in [-0.25, -0.2) is 4.79 Å². The summed E-state index contributed by atoms with van der Waals surface area (Å²) in [7, 11) is 1.47. The third-order valence-electron chi connectivity index (χ3n) is 15.3. The molecule has 3 aromatic heterocycles. The van der Waals surface area contributed by atoms with E-state index in [4.69, 9.17) is 18.0 Å². The Balaban J connectivity index is 1.05. The maximum Gasteiger partial charge on any atom is 0.338 e. The molecule has 0 aliphatic heterocycles. The highest BCUT2D eigenvalue weighted by molar-refractivity contribution is 6.15. The van der Waals surface area contributed by atoms with Gasteiger partial charge in [-0.2, -0.15) is 0 Å². The molecule has 0 fully saturated rings. The predicted octanol–water partition coefficient (Wildman–Crippen LogP) is 18.7. The van der Waals surface area contributed by atoms with Gasteiger partial charge in [0.25, 0.3) is 0 Å². The van der Waals surface area contributed by atoms with Crippen molar-refractivity contribution < 1.29 is 22.8 Å². The van der Waals surface area contributed by atoms with Crippen LogP contribution in [0, 0.1) is 0 Å². The first-order chi connectivity index (χ1) is 36.6. The van der Waals surface area contributed by atoms with Crippen LogP contribution in [0.5, 0.6) is 0 Å². The third kappa shape index (κ3) is 6.39. The second kappa shape index (κ2) is 16.4. The Labute approximate surface area is 425 Å². The number of para-hydroxylation sites is 3. The first-order valence-electron chi connectivity index (χ1n) is 25.0. The summed E-state index contributed by atoms with van der Waals surface area (Å²) >= 11 is 0. The molecule has 15 rings (SSSR count). The summed E-state index contributed by atoms with van der Waals surface area (Å²) < 4.78 is 25.1. The highest BCUT2D eigenvalue weighted by Crippen LogP contribution is 2.53. The monoisotopic (exact) mass is 950 g/mol. The number of rotatable bonds is 6. The van der Waals surface area contributed by atoms with Crippen molar-refractivity contribution in [3.05, 3.63) is 253 Å². The van der Waals surface area contributed by atoms with E-state index in [2.05, 4.69) is 164 Å². The molecule has 0 bridgehead atoms. The molecular weight excluding hydrogens is 909 g/mol. The third-order valence-corrected chi connectivity index (χ3v) is 15.3. The number of carbonyl (C=O) groups excluding carboxylic acids is 1. The molecule has 5 nitrogen and oxygen atoms in total. The van der Waals surface area contributed by atoms with Crippen LogP contribution in [0.1, 0.15) is 33.0 Å². The molecule has 1 aliphatic rings. The lowest BCUT2D eigenvalue weighted by Crippen LogP contribution is -2.13. The molecule has 74 heavy (non-hydrogen) atoms. The van der Waals surface area contributed by atoms with Gasteiger partial charge >= 0.3 is 5.97 Å². The number of fused-ring (bicyclic) bond motifs is 14. The van der Waals surface area contributed by atoms with Gasteiger partial charge in [-0.05, 0) is 144 Å². The van der Waals surface area contributed by atoms with Crippen LogP contribution in [0.15, 0.2) is 244 Å². The van der Waals surface area contributed by atoms with Gasteiger partial charge in [0, 0.05) is 38.2 Å². The summed E-state index contributed by atoms with van der Waals surface area (Å²) in [6.45, 7) is 0. The molecule has 0 saturated heterocycles. The van der Waals surface area contributed by atoms with Gasteiger partial charge in [-0.1, -0.05) is 170 Å². The summed E-state index contributed by atoms with van der Waals surface area (Å²) in [5.41, 5.74) is 21.2. The van der Waals surface area contributed by atoms with Crippen molar-refractivity contribution in [1.29, 1.82) is 0 Å². The van der Waals surface area contributed by atoms with Gasteiger partial charge in [0.05, 0.1) is 12.7 Å². The van der Waals surface area contributed by atoms with Crippen LogP contribution in [0.25, 0.3) is 133 Å². The molecule has 3 heterocycles. The van der Waals surface area contributed by atoms with Crippen LogP contribution >= 0.6 is 0 Å². The molecule has 348 valence electrons. The molecular formula is C69H42O5. The van der Waals surface area contributed by atoms with Crippen LogP contribution < -0.4 is 0 Å². The van der Waals surface area contributed by atoms with Crippen molar-refractivity contribution in [1.82, 2.24) is 0 Å². The minimum atomic E-state index is -0.407. The van der Waals surface area contributed by atoms with E-state index in [1.165, 1.54) is 7.11 Å². The average molecular weight is 951 g/mol. The first-order valence-corrected chi connectivity index (χ1v) is 25.0. The van der Waals surface area contributed by atoms with Crippen molar-refractivity contribution in [2.24, 2.45) is 0 Å². The Bertz CT molecular complexity index is 4620. The lowest BCUT2D eigenvalue weighted by molar-refractivity contribution is 0.0599. The summed E-state index contributed by atoms with van der Waals surface area (Å²) in [6, 6.07) is 80.9. The lowest BCUT2D eigenvalue weighted by atomic mass is 9.78. The van der Waals surface area contributed by atoms with Crippen LogP contribution in [0.2, 0.25) is 0 Å². The zero-order valence-corrected chi connectivity index (χ0v) is 40.1. The van der Waals surface area contributed by atoms with Gasteiger partial charge in [-0.15, -0.1) is 0 Å². The van der Waals surface area contributed by atoms with Crippen molar-refractivity contribution in [3.8, 4) is 66.8 Å². The molecule has 0 saturated carbocycles. The molecule has 5 heteroatoms. The Kier molecular flexibility index (Phi) is 9.32. The fourth-order valence-electron chi connectivity index (χ4n) is 12.0. The molecule has 0 spiro atoms. The standard InChI is InChI=1S/C69H42O5/c1-71-69(70)58-36-41(40-14-3-2-4-15-40)28-33-51(58)65-49-34-30-43(46-20-12-26-63-67(46)53-17-6-9-23-60(53)73-63)37-55(49)48-32-29-42(45-19-11-25-62-66(45)52-16-5-8-22-59(52)72-62)38-56(48)57-39-44(31-35-50(57)65)47-21-13-27-64-68(47)54-18-7-10-24-61(54)74-64/h2-39,65H,1H3. The van der Waals surface area contributed by atoms with Crippen molar-refractivity contribution in [2.45, 2.75) is 5.92 Å². The molecule has 1 unspecified atom stereocenters. The molecule has 14 aromatic rings. The smallest absolute Gasteiger partial charge is 0.338 e. The number of hydrogen-bond acceptors (Lipinski definition) is 5. The second-order valence-electron chi connectivity index (χ2n) is 19.3. The van der Waals surface area contributed by atoms with Crippen LogP contribution in [0.3, 0.4) is 0 Å². The quantitative estimate of drug-likeness (QED) is 0.155. The zero-order valence-electron chi connectivity index (χ0n) is 40.1. The van der Waals surface area contributed by atoms with Crippen molar-refractivity contribution in [2.75, 3.05) is 7.11 Å². The van der Waals surface area contributed by atoms with Gasteiger partial charge in [0.2, 0.25) is 0 Å². The lowest BCUT2D eigenvalue weighted by Gasteiger charge is -2.25. The van der Waals surface area contributed by atoms with E-state index < -0.39 is 11.9 Å². The van der Waals surface area contributed by atoms with E-state index >= 15 is 0 Å². The molecule has 0 N–H and O–H groups in total. The molecule has 1 atom stereocenters. The minimum absolute atomic E-state index is 0.393. The van der Waals surface area contributed by atoms with Crippen LogP contribution in [-0.2, 0) is 4.74 Å². The van der Waals surface area contributed by atoms with E-state index in [1.54, 1.807) is 0 Å². The number of methoxy groups -OCH3 is 1. The average Bonchev–Trinajstić information content (AvgIpc) is 4.18. The summed E-state index contributed by atoms with van der Waals surface area (Å²) in [4.78, 5) is 14.4. The van der Waals surface area contributed by atoms with E-state index in [9.17, 15) is 4.79 Å². The fourth-order valence-corrected chi connectivity index (χ4v) is 12.0. The Morgan fingerprint density at radius 2 is 0.730 bits per heavy atom. The minimum Gasteiger partial charge on any atom is -0.465 e. The van der Waals surface area contributed by atoms with Gasteiger partial charge in [0.1, 0.15) is 33.5 Å². The number of benzene rings is 11. The van der Waals surface area contributed by atoms with Crippen molar-refractivity contribution >= 4 is 71.8 Å². The maximum absolute atomic E-state index is 14.4. The van der Waals surface area contributed by atoms with E-state index in [-0.39, 0.29) is 0 Å². The second-order valence-corrected chi connectivity index (χ2v) is 19.3. The molecule has 1 aliphatic carbocycles. The fraction of sp³-hybridized carbons (Fsp3) is 0.0290. The van der Waals surface area contributed by atoms with Crippen molar-refractivity contribution in [3.63, 3.8) is 0 Å². The predicted molar refractivity (Wildman–Crippen MR) is 300 cm³/mol. The van der Waals surface area contributed by atoms with Gasteiger partial charge < -0.3 is 18.0 Å². The first kappa shape index (κ1) is 42.0. The number of hydrogen-bond donors (Lipinski definition) is 0. The summed E-state index contributed by atoms with van der Waals surface area (Å²) in [6.07, 6.45) is 0. The van der Waals surface area contributed by atoms with Gasteiger partial charge in [-0.3, -0.25) is 0 Å². The summed E-state index contributed by atoms with van der Waals surface area (Å²) in [5.74, 6) is -0.800. The Morgan fingerprint density at radius 1 is 0.324 bits per heavy atom. The normalized spacial score (nSPS) is 13.1. The number of esters is 1. The van der Waals surface area contributed by atoms with E-state index in [0.29, 0.717) is 5.56 Å². The summed E-state index contributed by atoms with van der Waals surface area (Å²) in [5, 5.41) is 6.42. The van der Waals surface area contributed by atoms with Crippen LogP contribution in [0.4, 0.5) is 0 Å². The molecule has 11 aromatic carbocycles.